The fourth-order valence-corrected chi connectivity index (χ4v) is 5.68. The van der Waals surface area contributed by atoms with Gasteiger partial charge in [-0.3, -0.25) is 4.79 Å². The minimum Gasteiger partial charge on any atom is -0.493 e. The summed E-state index contributed by atoms with van der Waals surface area (Å²) in [5, 5.41) is 0. The van der Waals surface area contributed by atoms with Crippen LogP contribution in [0, 0.1) is 0 Å². The van der Waals surface area contributed by atoms with E-state index < -0.39 is 0 Å². The summed E-state index contributed by atoms with van der Waals surface area (Å²) in [5.41, 5.74) is 6.24. The molecule has 0 aromatic heterocycles. The zero-order valence-electron chi connectivity index (χ0n) is 17.6. The van der Waals surface area contributed by atoms with Crippen LogP contribution in [0.4, 0.5) is 0 Å². The van der Waals surface area contributed by atoms with Gasteiger partial charge >= 0.3 is 0 Å². The number of benzene rings is 3. The first-order valence-electron chi connectivity index (χ1n) is 11.0. The fourth-order valence-electron chi connectivity index (χ4n) is 5.68. The molecule has 2 heterocycles. The monoisotopic (exact) mass is 411 g/mol. The van der Waals surface area contributed by atoms with Crippen LogP contribution < -0.4 is 9.47 Å². The van der Waals surface area contributed by atoms with Crippen LogP contribution in [0.15, 0.2) is 66.7 Å². The summed E-state index contributed by atoms with van der Waals surface area (Å²) in [4.78, 5) is 15.3. The van der Waals surface area contributed by atoms with Crippen molar-refractivity contribution in [1.82, 2.24) is 4.90 Å². The van der Waals surface area contributed by atoms with E-state index >= 15 is 0 Å². The maximum atomic E-state index is 13.2. The zero-order valence-corrected chi connectivity index (χ0v) is 17.6. The summed E-state index contributed by atoms with van der Waals surface area (Å²) in [6.07, 6.45) is 1.71. The minimum atomic E-state index is 0.0507. The number of carbonyl (C=O) groups is 1. The van der Waals surface area contributed by atoms with Crippen molar-refractivity contribution in [3.63, 3.8) is 0 Å². The number of hydrogen-bond acceptors (Lipinski definition) is 3. The Balaban J connectivity index is 1.32. The Labute approximate surface area is 182 Å². The minimum absolute atomic E-state index is 0.0507. The van der Waals surface area contributed by atoms with Crippen LogP contribution in [-0.2, 0) is 24.2 Å². The van der Waals surface area contributed by atoms with Gasteiger partial charge in [0, 0.05) is 18.5 Å². The Morgan fingerprint density at radius 3 is 2.48 bits per heavy atom. The third-order valence-corrected chi connectivity index (χ3v) is 7.19. The molecule has 4 heteroatoms. The number of rotatable bonds is 4. The average Bonchev–Trinajstić information content (AvgIpc) is 2.90. The van der Waals surface area contributed by atoms with Crippen LogP contribution in [0.25, 0.3) is 0 Å². The molecular weight excluding hydrogens is 386 g/mol. The van der Waals surface area contributed by atoms with E-state index in [2.05, 4.69) is 47.4 Å². The molecule has 0 spiro atoms. The maximum Gasteiger partial charge on any atom is 0.231 e. The summed E-state index contributed by atoms with van der Waals surface area (Å²) in [6, 6.07) is 23.1. The Kier molecular flexibility index (Phi) is 4.27. The lowest BCUT2D eigenvalue weighted by atomic mass is 9.66. The SMILES string of the molecule is COc1cc2c(cc1OCc1ccccc1)C[C@H]1C3c4ccccc4C3C(=O)N1CC2. The van der Waals surface area contributed by atoms with Crippen LogP contribution in [0.1, 0.15) is 39.7 Å². The lowest BCUT2D eigenvalue weighted by Gasteiger charge is -2.35. The molecule has 6 rings (SSSR count). The highest BCUT2D eigenvalue weighted by atomic mass is 16.5. The smallest absolute Gasteiger partial charge is 0.231 e. The molecule has 2 unspecified atom stereocenters. The van der Waals surface area contributed by atoms with Gasteiger partial charge in [-0.25, -0.2) is 0 Å². The summed E-state index contributed by atoms with van der Waals surface area (Å²) in [5.74, 6) is 2.19. The van der Waals surface area contributed by atoms with Gasteiger partial charge in [0.05, 0.1) is 13.0 Å². The van der Waals surface area contributed by atoms with Crippen molar-refractivity contribution < 1.29 is 14.3 Å². The largest absolute Gasteiger partial charge is 0.493 e. The van der Waals surface area contributed by atoms with Crippen molar-refractivity contribution >= 4 is 5.91 Å². The first-order valence-corrected chi connectivity index (χ1v) is 11.0. The molecule has 156 valence electrons. The number of fused-ring (bicyclic) bond motifs is 7. The summed E-state index contributed by atoms with van der Waals surface area (Å²) < 4.78 is 11.8. The molecule has 0 saturated carbocycles. The Morgan fingerprint density at radius 1 is 0.935 bits per heavy atom. The van der Waals surface area contributed by atoms with Gasteiger partial charge in [-0.15, -0.1) is 0 Å². The van der Waals surface area contributed by atoms with Crippen LogP contribution in [0.5, 0.6) is 11.5 Å². The number of nitrogens with zero attached hydrogens (tertiary/aromatic N) is 1. The maximum absolute atomic E-state index is 13.2. The summed E-state index contributed by atoms with van der Waals surface area (Å²) >= 11 is 0. The van der Waals surface area contributed by atoms with Gasteiger partial charge in [0.1, 0.15) is 6.61 Å². The standard InChI is InChI=1S/C27H25NO3/c1-30-23-14-18-11-12-28-22(25-20-9-5-6-10-21(20)26(25)27(28)29)13-19(18)15-24(23)31-16-17-7-3-2-4-8-17/h2-10,14-15,22,25-26H,11-13,16H2,1H3/t22-,25?,26?/m0/s1. The lowest BCUT2D eigenvalue weighted by Crippen LogP contribution is -2.36. The number of carbonyl (C=O) groups excluding carboxylic acids is 1. The summed E-state index contributed by atoms with van der Waals surface area (Å²) in [6.45, 7) is 1.27. The fraction of sp³-hybridized carbons (Fsp3) is 0.296. The Hall–Kier alpha value is -3.27. The number of amides is 1. The van der Waals surface area contributed by atoms with Crippen molar-refractivity contribution in [2.75, 3.05) is 13.7 Å². The van der Waals surface area contributed by atoms with E-state index in [0.717, 1.165) is 36.4 Å². The second kappa shape index (κ2) is 7.16. The highest BCUT2D eigenvalue weighted by Gasteiger charge is 2.56. The first kappa shape index (κ1) is 18.5. The third-order valence-electron chi connectivity index (χ3n) is 7.19. The van der Waals surface area contributed by atoms with E-state index in [1.807, 2.05) is 24.3 Å². The molecule has 4 nitrogen and oxygen atoms in total. The molecule has 2 aliphatic heterocycles. The predicted molar refractivity (Wildman–Crippen MR) is 119 cm³/mol. The molecule has 3 aromatic carbocycles. The number of ether oxygens (including phenoxy) is 2. The normalized spacial score (nSPS) is 23.1. The molecule has 0 N–H and O–H groups in total. The summed E-state index contributed by atoms with van der Waals surface area (Å²) in [7, 11) is 1.69. The second-order valence-electron chi connectivity index (χ2n) is 8.73. The molecule has 3 aromatic rings. The van der Waals surface area contributed by atoms with Gasteiger partial charge in [-0.05, 0) is 52.8 Å². The van der Waals surface area contributed by atoms with E-state index in [0.29, 0.717) is 18.4 Å². The Bertz CT molecular complexity index is 1160. The van der Waals surface area contributed by atoms with Crippen molar-refractivity contribution in [2.45, 2.75) is 37.3 Å². The van der Waals surface area contributed by atoms with Gasteiger partial charge < -0.3 is 14.4 Å². The van der Waals surface area contributed by atoms with Gasteiger partial charge in [0.25, 0.3) is 0 Å². The lowest BCUT2D eigenvalue weighted by molar-refractivity contribution is -0.130. The first-order chi connectivity index (χ1) is 15.2. The van der Waals surface area contributed by atoms with Crippen molar-refractivity contribution in [2.24, 2.45) is 0 Å². The molecule has 3 atom stereocenters. The van der Waals surface area contributed by atoms with Crippen LogP contribution in [-0.4, -0.2) is 30.5 Å². The van der Waals surface area contributed by atoms with E-state index in [1.165, 1.54) is 22.3 Å². The van der Waals surface area contributed by atoms with E-state index in [1.54, 1.807) is 7.11 Å². The van der Waals surface area contributed by atoms with Crippen molar-refractivity contribution in [3.8, 4) is 11.5 Å². The third kappa shape index (κ3) is 2.85. The molecule has 0 bridgehead atoms. The molecule has 1 fully saturated rings. The zero-order chi connectivity index (χ0) is 20.9. The molecule has 1 amide bonds. The van der Waals surface area contributed by atoms with Crippen molar-refractivity contribution in [3.05, 3.63) is 94.5 Å². The highest BCUT2D eigenvalue weighted by Crippen LogP contribution is 2.56. The molecule has 1 aliphatic carbocycles. The van der Waals surface area contributed by atoms with Gasteiger partial charge in [-0.1, -0.05) is 54.6 Å². The van der Waals surface area contributed by atoms with Crippen LogP contribution in [0.3, 0.4) is 0 Å². The highest BCUT2D eigenvalue weighted by molar-refractivity contribution is 5.92. The van der Waals surface area contributed by atoms with E-state index in [4.69, 9.17) is 9.47 Å². The molecule has 3 aliphatic rings. The van der Waals surface area contributed by atoms with Gasteiger partial charge in [0.15, 0.2) is 11.5 Å². The van der Waals surface area contributed by atoms with Crippen LogP contribution >= 0.6 is 0 Å². The number of hydrogen-bond donors (Lipinski definition) is 0. The molecule has 1 saturated heterocycles. The predicted octanol–water partition coefficient (Wildman–Crippen LogP) is 4.46. The van der Waals surface area contributed by atoms with Crippen molar-refractivity contribution in [1.29, 1.82) is 0 Å². The number of methoxy groups -OCH3 is 1. The van der Waals surface area contributed by atoms with Gasteiger partial charge in [-0.2, -0.15) is 0 Å². The topological polar surface area (TPSA) is 38.8 Å². The Morgan fingerprint density at radius 2 is 1.68 bits per heavy atom. The molecular formula is C27H25NO3. The van der Waals surface area contributed by atoms with E-state index in [9.17, 15) is 4.79 Å². The second-order valence-corrected chi connectivity index (χ2v) is 8.73. The van der Waals surface area contributed by atoms with E-state index in [-0.39, 0.29) is 12.0 Å². The average molecular weight is 412 g/mol. The van der Waals surface area contributed by atoms with Crippen LogP contribution in [0.2, 0.25) is 0 Å². The quantitative estimate of drug-likeness (QED) is 0.636. The van der Waals surface area contributed by atoms with Gasteiger partial charge in [0.2, 0.25) is 5.91 Å². The molecule has 0 radical (unpaired) electrons. The molecule has 31 heavy (non-hydrogen) atoms.